The number of hydrogen-bond donors (Lipinski definition) is 1. The molecular formula is C21H27Cl2NO2S. The zero-order valence-corrected chi connectivity index (χ0v) is 18.9. The predicted molar refractivity (Wildman–Crippen MR) is 116 cm³/mol. The van der Waals surface area contributed by atoms with Gasteiger partial charge < -0.3 is 0 Å². The van der Waals surface area contributed by atoms with E-state index in [1.807, 2.05) is 39.8 Å². The van der Waals surface area contributed by atoms with Gasteiger partial charge in [0.15, 0.2) is 0 Å². The van der Waals surface area contributed by atoms with Gasteiger partial charge in [-0.3, -0.25) is 4.72 Å². The van der Waals surface area contributed by atoms with Gasteiger partial charge in [0.2, 0.25) is 0 Å². The Morgan fingerprint density at radius 3 is 1.78 bits per heavy atom. The fourth-order valence-corrected chi connectivity index (χ4v) is 5.13. The molecule has 3 nitrogen and oxygen atoms in total. The summed E-state index contributed by atoms with van der Waals surface area (Å²) in [4.78, 5) is 0.341. The van der Waals surface area contributed by atoms with Gasteiger partial charge in [-0.1, -0.05) is 76.9 Å². The minimum absolute atomic E-state index is 0.0580. The van der Waals surface area contributed by atoms with Crippen molar-refractivity contribution in [2.24, 2.45) is 0 Å². The third kappa shape index (κ3) is 4.98. The van der Waals surface area contributed by atoms with Crippen molar-refractivity contribution in [3.8, 4) is 0 Å². The largest absolute Gasteiger partial charge is 0.278 e. The molecule has 0 atom stereocenters. The molecule has 2 aromatic carbocycles. The Bertz CT molecular complexity index is 906. The molecule has 0 aliphatic carbocycles. The van der Waals surface area contributed by atoms with Gasteiger partial charge in [0.05, 0.1) is 15.6 Å². The third-order valence-electron chi connectivity index (χ3n) is 4.52. The van der Waals surface area contributed by atoms with Crippen molar-refractivity contribution in [1.82, 2.24) is 0 Å². The van der Waals surface area contributed by atoms with Crippen LogP contribution in [0.2, 0.25) is 10.0 Å². The average Bonchev–Trinajstić information content (AvgIpc) is 2.56. The molecular weight excluding hydrogens is 401 g/mol. The summed E-state index contributed by atoms with van der Waals surface area (Å²) in [5, 5.41) is 0.722. The first-order chi connectivity index (χ1) is 12.4. The van der Waals surface area contributed by atoms with Crippen LogP contribution in [-0.4, -0.2) is 8.42 Å². The van der Waals surface area contributed by atoms with E-state index in [0.29, 0.717) is 20.9 Å². The molecule has 6 heteroatoms. The molecule has 0 saturated heterocycles. The Labute approximate surface area is 173 Å². The van der Waals surface area contributed by atoms with E-state index >= 15 is 0 Å². The standard InChI is InChI=1S/C21H27Cl2NO2S/c1-12(2)15-9-17(13(3)4)21(18(10-15)14(5)6)27(25,26)24-20-11-16(22)7-8-19(20)23/h7-14,24H,1-6H3. The maximum absolute atomic E-state index is 13.4. The number of rotatable bonds is 6. The van der Waals surface area contributed by atoms with Crippen molar-refractivity contribution < 1.29 is 8.42 Å². The van der Waals surface area contributed by atoms with Crippen LogP contribution in [-0.2, 0) is 10.0 Å². The highest BCUT2D eigenvalue weighted by Crippen LogP contribution is 2.37. The lowest BCUT2D eigenvalue weighted by molar-refractivity contribution is 0.595. The number of nitrogens with one attached hydrogen (secondary N) is 1. The van der Waals surface area contributed by atoms with Gasteiger partial charge in [-0.2, -0.15) is 0 Å². The molecule has 0 fully saturated rings. The number of hydrogen-bond acceptors (Lipinski definition) is 2. The van der Waals surface area contributed by atoms with Crippen LogP contribution in [0, 0.1) is 0 Å². The lowest BCUT2D eigenvalue weighted by Gasteiger charge is -2.23. The smallest absolute Gasteiger partial charge is 0.262 e. The highest BCUT2D eigenvalue weighted by atomic mass is 35.5. The van der Waals surface area contributed by atoms with Crippen molar-refractivity contribution >= 4 is 38.9 Å². The molecule has 27 heavy (non-hydrogen) atoms. The van der Waals surface area contributed by atoms with E-state index in [1.165, 1.54) is 6.07 Å². The van der Waals surface area contributed by atoms with Crippen LogP contribution in [0.15, 0.2) is 35.2 Å². The third-order valence-corrected chi connectivity index (χ3v) is 6.58. The fraction of sp³-hybridized carbons (Fsp3) is 0.429. The quantitative estimate of drug-likeness (QED) is 0.530. The summed E-state index contributed by atoms with van der Waals surface area (Å²) in [6.07, 6.45) is 0. The number of anilines is 1. The molecule has 2 aromatic rings. The lowest BCUT2D eigenvalue weighted by Crippen LogP contribution is -2.19. The molecule has 0 aromatic heterocycles. The molecule has 0 saturated carbocycles. The van der Waals surface area contributed by atoms with E-state index in [4.69, 9.17) is 23.2 Å². The summed E-state index contributed by atoms with van der Waals surface area (Å²) >= 11 is 12.2. The zero-order chi connectivity index (χ0) is 20.5. The van der Waals surface area contributed by atoms with E-state index < -0.39 is 10.0 Å². The molecule has 0 unspecified atom stereocenters. The molecule has 0 amide bonds. The summed E-state index contributed by atoms with van der Waals surface area (Å²) in [7, 11) is -3.84. The molecule has 2 rings (SSSR count). The number of sulfonamides is 1. The summed E-state index contributed by atoms with van der Waals surface area (Å²) < 4.78 is 29.4. The molecule has 148 valence electrons. The van der Waals surface area contributed by atoms with Crippen molar-refractivity contribution in [2.45, 2.75) is 64.2 Å². The summed E-state index contributed by atoms with van der Waals surface area (Å²) in [6, 6.07) is 8.74. The molecule has 1 N–H and O–H groups in total. The summed E-state index contributed by atoms with van der Waals surface area (Å²) in [6.45, 7) is 12.3. The second-order valence-electron chi connectivity index (χ2n) is 7.72. The van der Waals surface area contributed by atoms with Crippen LogP contribution in [0.5, 0.6) is 0 Å². The Morgan fingerprint density at radius 2 is 1.33 bits per heavy atom. The second-order valence-corrected chi connectivity index (χ2v) is 10.2. The molecule has 0 spiro atoms. The molecule has 0 aliphatic rings. The van der Waals surface area contributed by atoms with E-state index in [9.17, 15) is 8.42 Å². The van der Waals surface area contributed by atoms with E-state index in [0.717, 1.165) is 16.7 Å². The molecule has 0 heterocycles. The maximum atomic E-state index is 13.4. The van der Waals surface area contributed by atoms with Crippen LogP contribution >= 0.6 is 23.2 Å². The minimum atomic E-state index is -3.84. The first-order valence-electron chi connectivity index (χ1n) is 9.09. The van der Waals surface area contributed by atoms with Gasteiger partial charge in [0.1, 0.15) is 0 Å². The number of benzene rings is 2. The Kier molecular flexibility index (Phi) is 6.88. The lowest BCUT2D eigenvalue weighted by atomic mass is 9.89. The van der Waals surface area contributed by atoms with Crippen LogP contribution in [0.4, 0.5) is 5.69 Å². The summed E-state index contributed by atoms with van der Waals surface area (Å²) in [5.41, 5.74) is 3.05. The van der Waals surface area contributed by atoms with Crippen molar-refractivity contribution in [3.05, 3.63) is 57.1 Å². The monoisotopic (exact) mass is 427 g/mol. The van der Waals surface area contributed by atoms with Crippen LogP contribution in [0.3, 0.4) is 0 Å². The number of halogens is 2. The van der Waals surface area contributed by atoms with Gasteiger partial charge in [0.25, 0.3) is 10.0 Å². The Balaban J connectivity index is 2.72. The van der Waals surface area contributed by atoms with E-state index in [-0.39, 0.29) is 17.5 Å². The predicted octanol–water partition coefficient (Wildman–Crippen LogP) is 7.16. The van der Waals surface area contributed by atoms with Gasteiger partial charge >= 0.3 is 0 Å². The topological polar surface area (TPSA) is 46.2 Å². The van der Waals surface area contributed by atoms with Crippen LogP contribution < -0.4 is 4.72 Å². The maximum Gasteiger partial charge on any atom is 0.262 e. The zero-order valence-electron chi connectivity index (χ0n) is 16.6. The van der Waals surface area contributed by atoms with Gasteiger partial charge in [-0.15, -0.1) is 0 Å². The fourth-order valence-electron chi connectivity index (χ4n) is 2.97. The van der Waals surface area contributed by atoms with Crippen molar-refractivity contribution in [3.63, 3.8) is 0 Å². The minimum Gasteiger partial charge on any atom is -0.278 e. The molecule has 0 radical (unpaired) electrons. The van der Waals surface area contributed by atoms with Crippen molar-refractivity contribution in [1.29, 1.82) is 0 Å². The highest BCUT2D eigenvalue weighted by molar-refractivity contribution is 7.92. The van der Waals surface area contributed by atoms with Crippen LogP contribution in [0.25, 0.3) is 0 Å². The highest BCUT2D eigenvalue weighted by Gasteiger charge is 2.27. The average molecular weight is 428 g/mol. The first-order valence-corrected chi connectivity index (χ1v) is 11.3. The van der Waals surface area contributed by atoms with Crippen LogP contribution in [0.1, 0.15) is 76.0 Å². The normalized spacial score (nSPS) is 12.3. The Hall–Kier alpha value is -1.23. The molecule has 0 aliphatic heterocycles. The van der Waals surface area contributed by atoms with Gasteiger partial charge in [-0.25, -0.2) is 8.42 Å². The van der Waals surface area contributed by atoms with Gasteiger partial charge in [0, 0.05) is 5.02 Å². The van der Waals surface area contributed by atoms with E-state index in [2.05, 4.69) is 18.6 Å². The molecule has 0 bridgehead atoms. The van der Waals surface area contributed by atoms with Gasteiger partial charge in [-0.05, 0) is 52.6 Å². The van der Waals surface area contributed by atoms with Crippen molar-refractivity contribution in [2.75, 3.05) is 4.72 Å². The summed E-state index contributed by atoms with van der Waals surface area (Å²) in [5.74, 6) is 0.428. The first kappa shape index (κ1) is 22.1. The second kappa shape index (κ2) is 8.42. The SMILES string of the molecule is CC(C)c1cc(C(C)C)c(S(=O)(=O)Nc2cc(Cl)ccc2Cl)c(C(C)C)c1. The Morgan fingerprint density at radius 1 is 0.815 bits per heavy atom. The van der Waals surface area contributed by atoms with E-state index in [1.54, 1.807) is 12.1 Å².